The molecule has 0 aromatic carbocycles. The van der Waals surface area contributed by atoms with Crippen molar-refractivity contribution < 1.29 is 9.84 Å². The maximum atomic E-state index is 9.76. The van der Waals surface area contributed by atoms with Gasteiger partial charge in [0.25, 0.3) is 0 Å². The first-order chi connectivity index (χ1) is 12.8. The normalized spacial score (nSPS) is 21.8. The molecule has 0 spiro atoms. The zero-order valence-electron chi connectivity index (χ0n) is 14.9. The number of hydrogen-bond donors (Lipinski definition) is 3. The van der Waals surface area contributed by atoms with Crippen LogP contribution in [0.2, 0.25) is 0 Å². The molecule has 1 fully saturated rings. The van der Waals surface area contributed by atoms with E-state index in [0.717, 1.165) is 30.0 Å². The summed E-state index contributed by atoms with van der Waals surface area (Å²) in [6.07, 6.45) is 8.00. The number of nitrogens with zero attached hydrogens (tertiary/aromatic N) is 4. The van der Waals surface area contributed by atoms with Gasteiger partial charge < -0.3 is 25.4 Å². The van der Waals surface area contributed by atoms with Crippen molar-refractivity contribution in [2.75, 3.05) is 35.9 Å². The molecule has 1 saturated carbocycles. The Labute approximate surface area is 152 Å². The highest BCUT2D eigenvalue weighted by Gasteiger charge is 2.34. The molecule has 8 nitrogen and oxygen atoms in total. The smallest absolute Gasteiger partial charge is 0.237 e. The molecule has 2 aliphatic rings. The fourth-order valence-electron chi connectivity index (χ4n) is 3.88. The van der Waals surface area contributed by atoms with Crippen LogP contribution in [0.1, 0.15) is 25.7 Å². The highest BCUT2D eigenvalue weighted by Crippen LogP contribution is 2.37. The number of nitrogens with one attached hydrogen (secondary N) is 2. The van der Waals surface area contributed by atoms with Gasteiger partial charge in [-0.15, -0.1) is 0 Å². The monoisotopic (exact) mass is 356 g/mol. The van der Waals surface area contributed by atoms with Crippen molar-refractivity contribution in [3.05, 3.63) is 24.5 Å². The van der Waals surface area contributed by atoms with Crippen molar-refractivity contribution in [2.24, 2.45) is 5.92 Å². The van der Waals surface area contributed by atoms with E-state index >= 15 is 0 Å². The topological polar surface area (TPSA) is 95.4 Å². The summed E-state index contributed by atoms with van der Waals surface area (Å²) in [7, 11) is 1.58. The molecule has 138 valence electrons. The average Bonchev–Trinajstić information content (AvgIpc) is 3.11. The van der Waals surface area contributed by atoms with Crippen molar-refractivity contribution in [3.8, 4) is 5.88 Å². The minimum atomic E-state index is 0.222. The van der Waals surface area contributed by atoms with Crippen molar-refractivity contribution in [1.82, 2.24) is 15.0 Å². The van der Waals surface area contributed by atoms with Crippen LogP contribution in [-0.4, -0.2) is 46.5 Å². The molecule has 26 heavy (non-hydrogen) atoms. The van der Waals surface area contributed by atoms with Crippen LogP contribution in [0.25, 0.3) is 0 Å². The summed E-state index contributed by atoms with van der Waals surface area (Å²) in [5.41, 5.74) is 1.65. The minimum Gasteiger partial charge on any atom is -0.480 e. The van der Waals surface area contributed by atoms with Gasteiger partial charge in [-0.2, -0.15) is 4.98 Å². The minimum absolute atomic E-state index is 0.222. The molecule has 0 unspecified atom stereocenters. The van der Waals surface area contributed by atoms with E-state index in [1.807, 2.05) is 12.1 Å². The van der Waals surface area contributed by atoms with Crippen LogP contribution >= 0.6 is 0 Å². The van der Waals surface area contributed by atoms with Crippen molar-refractivity contribution in [1.29, 1.82) is 0 Å². The Morgan fingerprint density at radius 3 is 3.08 bits per heavy atom. The van der Waals surface area contributed by atoms with E-state index in [2.05, 4.69) is 25.5 Å². The average molecular weight is 356 g/mol. The van der Waals surface area contributed by atoms with E-state index in [0.29, 0.717) is 30.5 Å². The van der Waals surface area contributed by atoms with Crippen LogP contribution in [0, 0.1) is 5.92 Å². The third-order valence-corrected chi connectivity index (χ3v) is 5.20. The predicted octanol–water partition coefficient (Wildman–Crippen LogP) is 2.36. The number of aromatic nitrogens is 3. The summed E-state index contributed by atoms with van der Waals surface area (Å²) in [6, 6.07) is 4.01. The largest absolute Gasteiger partial charge is 0.480 e. The zero-order valence-corrected chi connectivity index (χ0v) is 14.9. The van der Waals surface area contributed by atoms with Gasteiger partial charge in [-0.3, -0.25) is 0 Å². The highest BCUT2D eigenvalue weighted by atomic mass is 16.5. The number of fused-ring (bicyclic) bond motifs is 1. The van der Waals surface area contributed by atoms with Crippen molar-refractivity contribution in [2.45, 2.75) is 31.7 Å². The van der Waals surface area contributed by atoms with E-state index in [1.165, 1.54) is 12.8 Å². The summed E-state index contributed by atoms with van der Waals surface area (Å²) in [6.45, 7) is 0.921. The second kappa shape index (κ2) is 7.33. The quantitative estimate of drug-likeness (QED) is 0.751. The lowest BCUT2D eigenvalue weighted by Crippen LogP contribution is -2.44. The maximum Gasteiger partial charge on any atom is 0.237 e. The standard InChI is InChI=1S/C18H24N6O2/c1-26-17-13(6-4-8-19-17)22-18-20-9-14-16(23-18)24(11-21-14)15-7-3-2-5-12(15)10-25/h4,6,8-9,12,15,21,25H,2-3,5,7,10-11H2,1H3,(H,20,22,23)/t12-,15-/m1/s1. The van der Waals surface area contributed by atoms with E-state index < -0.39 is 0 Å². The summed E-state index contributed by atoms with van der Waals surface area (Å²) in [4.78, 5) is 15.6. The summed E-state index contributed by atoms with van der Waals surface area (Å²) in [5.74, 6) is 2.18. The van der Waals surface area contributed by atoms with Crippen LogP contribution in [0.15, 0.2) is 24.5 Å². The molecule has 8 heteroatoms. The second-order valence-corrected chi connectivity index (χ2v) is 6.72. The van der Waals surface area contributed by atoms with Gasteiger partial charge in [0.15, 0.2) is 5.82 Å². The molecule has 3 N–H and O–H groups in total. The Kier molecular flexibility index (Phi) is 4.75. The maximum absolute atomic E-state index is 9.76. The first-order valence-corrected chi connectivity index (χ1v) is 9.04. The molecule has 1 aliphatic heterocycles. The molecule has 3 heterocycles. The number of ether oxygens (including phenoxy) is 1. The van der Waals surface area contributed by atoms with Gasteiger partial charge in [0.05, 0.1) is 25.7 Å². The van der Waals surface area contributed by atoms with Crippen LogP contribution in [0.5, 0.6) is 5.88 Å². The van der Waals surface area contributed by atoms with Gasteiger partial charge in [0.1, 0.15) is 5.69 Å². The fourth-order valence-corrected chi connectivity index (χ4v) is 3.88. The molecule has 2 aromatic heterocycles. The van der Waals surface area contributed by atoms with E-state index in [9.17, 15) is 5.11 Å². The van der Waals surface area contributed by atoms with Crippen LogP contribution < -0.4 is 20.3 Å². The lowest BCUT2D eigenvalue weighted by molar-refractivity contribution is 0.167. The zero-order chi connectivity index (χ0) is 17.9. The number of hydrogen-bond acceptors (Lipinski definition) is 8. The molecule has 2 aromatic rings. The van der Waals surface area contributed by atoms with E-state index in [-0.39, 0.29) is 6.61 Å². The lowest BCUT2D eigenvalue weighted by atomic mass is 9.84. The predicted molar refractivity (Wildman–Crippen MR) is 99.9 cm³/mol. The molecule has 0 saturated heterocycles. The Hall–Kier alpha value is -2.61. The summed E-state index contributed by atoms with van der Waals surface area (Å²) >= 11 is 0. The number of anilines is 4. The van der Waals surface area contributed by atoms with Gasteiger partial charge in [-0.05, 0) is 25.0 Å². The van der Waals surface area contributed by atoms with Gasteiger partial charge in [0.2, 0.25) is 11.8 Å². The number of rotatable bonds is 5. The summed E-state index contributed by atoms with van der Waals surface area (Å²) in [5, 5.41) is 16.3. The number of aliphatic hydroxyl groups excluding tert-OH is 1. The fraction of sp³-hybridized carbons (Fsp3) is 0.500. The van der Waals surface area contributed by atoms with E-state index in [1.54, 1.807) is 19.5 Å². The number of aliphatic hydroxyl groups is 1. The first-order valence-electron chi connectivity index (χ1n) is 9.04. The molecule has 0 amide bonds. The number of pyridine rings is 1. The second-order valence-electron chi connectivity index (χ2n) is 6.72. The Morgan fingerprint density at radius 1 is 1.35 bits per heavy atom. The lowest BCUT2D eigenvalue weighted by Gasteiger charge is -2.37. The van der Waals surface area contributed by atoms with Gasteiger partial charge in [-0.25, -0.2) is 9.97 Å². The molecule has 4 rings (SSSR count). The first kappa shape index (κ1) is 16.8. The van der Waals surface area contributed by atoms with Gasteiger partial charge in [0, 0.05) is 24.8 Å². The Bertz CT molecular complexity index is 771. The molecule has 0 radical (unpaired) electrons. The van der Waals surface area contributed by atoms with Gasteiger partial charge >= 0.3 is 0 Å². The third kappa shape index (κ3) is 3.12. The summed E-state index contributed by atoms with van der Waals surface area (Å²) < 4.78 is 5.28. The number of methoxy groups -OCH3 is 1. The third-order valence-electron chi connectivity index (χ3n) is 5.20. The van der Waals surface area contributed by atoms with Crippen LogP contribution in [-0.2, 0) is 0 Å². The molecule has 2 atom stereocenters. The van der Waals surface area contributed by atoms with Crippen molar-refractivity contribution >= 4 is 23.1 Å². The molecule has 1 aliphatic carbocycles. The van der Waals surface area contributed by atoms with E-state index in [4.69, 9.17) is 9.72 Å². The molecule has 0 bridgehead atoms. The Morgan fingerprint density at radius 2 is 2.23 bits per heavy atom. The van der Waals surface area contributed by atoms with Crippen molar-refractivity contribution in [3.63, 3.8) is 0 Å². The SMILES string of the molecule is COc1ncccc1Nc1ncc2c(n1)N([C@@H]1CCCC[C@@H]1CO)CN2. The van der Waals surface area contributed by atoms with Gasteiger partial charge in [-0.1, -0.05) is 12.8 Å². The molecular weight excluding hydrogens is 332 g/mol. The molecular formula is C18H24N6O2. The highest BCUT2D eigenvalue weighted by molar-refractivity contribution is 5.72. The Balaban J connectivity index is 1.60. The van der Waals surface area contributed by atoms with Crippen LogP contribution in [0.4, 0.5) is 23.1 Å². The van der Waals surface area contributed by atoms with Crippen LogP contribution in [0.3, 0.4) is 0 Å².